The molecule has 0 spiro atoms. The summed E-state index contributed by atoms with van der Waals surface area (Å²) in [4.78, 5) is 45.2. The molecule has 2 unspecified atom stereocenters. The number of phenols is 1. The number of amides is 2. The minimum atomic E-state index is -0.854. The molecule has 8 rings (SSSR count). The number of hydrogen-bond acceptors (Lipinski definition) is 9. The molecule has 0 saturated heterocycles. The number of aromatic hydroxyl groups is 1. The maximum atomic E-state index is 12.9. The predicted molar refractivity (Wildman–Crippen MR) is 253 cm³/mol. The number of benzene rings is 6. The van der Waals surface area contributed by atoms with Gasteiger partial charge in [-0.15, -0.1) is 0 Å². The van der Waals surface area contributed by atoms with E-state index in [-0.39, 0.29) is 36.3 Å². The van der Waals surface area contributed by atoms with Gasteiger partial charge >= 0.3 is 0 Å². The molecular weight excluding hydrogens is 865 g/mol. The number of methoxy groups -OCH3 is 1. The van der Waals surface area contributed by atoms with Gasteiger partial charge in [0.25, 0.3) is 11.6 Å². The summed E-state index contributed by atoms with van der Waals surface area (Å²) < 4.78 is 11.3. The number of halogens is 2. The average molecular weight is 909 g/mol. The van der Waals surface area contributed by atoms with Gasteiger partial charge in [0.2, 0.25) is 5.91 Å². The molecule has 8 aromatic rings. The molecule has 2 heterocycles. The van der Waals surface area contributed by atoms with Crippen molar-refractivity contribution in [3.8, 4) is 17.2 Å². The van der Waals surface area contributed by atoms with Crippen LogP contribution < -0.4 is 20.1 Å². The number of nitrogens with one attached hydrogen (secondary N) is 2. The first-order valence-corrected chi connectivity index (χ1v) is 21.3. The number of fused-ring (bicyclic) bond motifs is 2. The smallest absolute Gasteiger partial charge is 0.269 e. The first kappa shape index (κ1) is 45.5. The normalized spacial score (nSPS) is 11.7. The Labute approximate surface area is 385 Å². The fraction of sp³-hybridized carbons (Fsp3) is 0.137. The van der Waals surface area contributed by atoms with E-state index in [1.807, 2.05) is 97.1 Å². The molecule has 6 aromatic carbocycles. The quantitative estimate of drug-likeness (QED) is 0.0670. The zero-order valence-corrected chi connectivity index (χ0v) is 36.6. The molecule has 12 nitrogen and oxygen atoms in total. The first-order valence-electron chi connectivity index (χ1n) is 20.6. The molecule has 65 heavy (non-hydrogen) atoms. The Morgan fingerprint density at radius 3 is 1.92 bits per heavy atom. The number of carbonyl (C=O) groups is 2. The minimum Gasteiger partial charge on any atom is -0.505 e. The molecule has 14 heteroatoms. The summed E-state index contributed by atoms with van der Waals surface area (Å²) in [5.41, 5.74) is 4.32. The van der Waals surface area contributed by atoms with Gasteiger partial charge in [-0.1, -0.05) is 114 Å². The van der Waals surface area contributed by atoms with E-state index in [2.05, 4.69) is 20.6 Å². The van der Waals surface area contributed by atoms with E-state index in [9.17, 15) is 24.8 Å². The van der Waals surface area contributed by atoms with Gasteiger partial charge in [0.15, 0.2) is 12.4 Å². The topological polar surface area (TPSA) is 166 Å². The lowest BCUT2D eigenvalue weighted by atomic mass is 9.95. The van der Waals surface area contributed by atoms with Crippen LogP contribution in [0.25, 0.3) is 21.8 Å². The van der Waals surface area contributed by atoms with Crippen LogP contribution in [0.4, 0.5) is 5.69 Å². The predicted octanol–water partition coefficient (Wildman–Crippen LogP) is 10.9. The number of aromatic nitrogens is 2. The van der Waals surface area contributed by atoms with Crippen LogP contribution in [0.5, 0.6) is 17.2 Å². The van der Waals surface area contributed by atoms with Crippen LogP contribution in [0.3, 0.4) is 0 Å². The molecule has 3 N–H and O–H groups in total. The van der Waals surface area contributed by atoms with Crippen LogP contribution >= 0.6 is 23.2 Å². The fourth-order valence-corrected chi connectivity index (χ4v) is 7.93. The number of aryl methyl sites for hydroxylation is 1. The summed E-state index contributed by atoms with van der Waals surface area (Å²) in [6.45, 7) is -0.116. The number of nitrogens with zero attached hydrogens (tertiary/aromatic N) is 3. The Morgan fingerprint density at radius 1 is 0.692 bits per heavy atom. The summed E-state index contributed by atoms with van der Waals surface area (Å²) in [6, 6.07) is 43.9. The van der Waals surface area contributed by atoms with Gasteiger partial charge in [-0.25, -0.2) is 0 Å². The number of phenolic OH excluding ortho intramolecular Hbond substituents is 1. The minimum absolute atomic E-state index is 0.116. The van der Waals surface area contributed by atoms with Crippen molar-refractivity contribution in [2.24, 2.45) is 0 Å². The third kappa shape index (κ3) is 11.4. The Bertz CT molecular complexity index is 2930. The molecule has 0 saturated carbocycles. The standard InChI is InChI=1S/C26H22ClN3O4.C25H21ClN2O3/c27-22-16-21(26(32)25-20(22)12-6-14-28-25)24(18-10-5-11-19(15-18)30(33)34)29-23(31)13-4-9-17-7-2-1-3-8-17;1-30-25-20(15-21(26)19-13-8-14-27-24(19)25)23(17-9-4-2-5-10-17)28-22(29)16-31-18-11-6-3-7-12-18/h1-3,5-8,10-12,14-16,24,32H,4,9,13H2,(H,29,31);2-15,23H,16H2,1H3,(H,28,29). The molecular formula is C51H43Cl2N5O7. The highest BCUT2D eigenvalue weighted by Crippen LogP contribution is 2.40. The number of carbonyl (C=O) groups excluding carboxylic acids is 2. The number of rotatable bonds is 15. The molecule has 0 radical (unpaired) electrons. The van der Waals surface area contributed by atoms with Crippen molar-refractivity contribution in [2.45, 2.75) is 31.3 Å². The second kappa shape index (κ2) is 21.7. The van der Waals surface area contributed by atoms with Crippen LogP contribution in [0.15, 0.2) is 164 Å². The Balaban J connectivity index is 0.000000195. The monoisotopic (exact) mass is 907 g/mol. The van der Waals surface area contributed by atoms with Crippen LogP contribution in [0, 0.1) is 10.1 Å². The number of non-ortho nitro benzene ring substituents is 1. The number of nitro benzene ring substituents is 1. The number of pyridine rings is 2. The highest BCUT2D eigenvalue weighted by Gasteiger charge is 2.26. The molecule has 0 aliphatic heterocycles. The molecule has 328 valence electrons. The number of hydrogen-bond donors (Lipinski definition) is 3. The maximum absolute atomic E-state index is 12.9. The van der Waals surface area contributed by atoms with E-state index in [1.165, 1.54) is 18.3 Å². The second-order valence-electron chi connectivity index (χ2n) is 14.8. The number of para-hydroxylation sites is 1. The summed E-state index contributed by atoms with van der Waals surface area (Å²) in [5.74, 6) is 0.546. The van der Waals surface area contributed by atoms with Crippen molar-refractivity contribution in [2.75, 3.05) is 13.7 Å². The van der Waals surface area contributed by atoms with E-state index >= 15 is 0 Å². The van der Waals surface area contributed by atoms with Crippen molar-refractivity contribution in [1.82, 2.24) is 20.6 Å². The molecule has 0 bridgehead atoms. The third-order valence-electron chi connectivity index (χ3n) is 10.5. The van der Waals surface area contributed by atoms with Crippen molar-refractivity contribution in [3.05, 3.63) is 212 Å². The van der Waals surface area contributed by atoms with E-state index in [0.29, 0.717) is 55.5 Å². The van der Waals surface area contributed by atoms with Gasteiger partial charge in [0.1, 0.15) is 22.5 Å². The highest BCUT2D eigenvalue weighted by atomic mass is 35.5. The average Bonchev–Trinajstić information content (AvgIpc) is 3.34. The van der Waals surface area contributed by atoms with Gasteiger partial charge < -0.3 is 25.2 Å². The zero-order valence-electron chi connectivity index (χ0n) is 35.1. The van der Waals surface area contributed by atoms with Crippen molar-refractivity contribution in [1.29, 1.82) is 0 Å². The van der Waals surface area contributed by atoms with Crippen molar-refractivity contribution >= 4 is 62.5 Å². The van der Waals surface area contributed by atoms with E-state index in [0.717, 1.165) is 28.5 Å². The Kier molecular flexibility index (Phi) is 15.2. The molecule has 0 fully saturated rings. The zero-order chi connectivity index (χ0) is 45.7. The van der Waals surface area contributed by atoms with Gasteiger partial charge in [-0.3, -0.25) is 29.7 Å². The SMILES string of the molecule is COc1c(C(NC(=O)COc2ccccc2)c2ccccc2)cc(Cl)c2cccnc12.O=C(CCCc1ccccc1)NC(c1cccc([N+](=O)[O-])c1)c1cc(Cl)c2cccnc2c1O. The van der Waals surface area contributed by atoms with Gasteiger partial charge in [-0.05, 0) is 78.1 Å². The second-order valence-corrected chi connectivity index (χ2v) is 15.6. The molecule has 0 aliphatic carbocycles. The molecule has 2 atom stereocenters. The van der Waals surface area contributed by atoms with E-state index in [4.69, 9.17) is 32.7 Å². The number of nitro groups is 1. The van der Waals surface area contributed by atoms with Crippen LogP contribution in [-0.4, -0.2) is 45.5 Å². The van der Waals surface area contributed by atoms with Gasteiger partial charge in [-0.2, -0.15) is 0 Å². The fourth-order valence-electron chi connectivity index (χ4n) is 7.39. The van der Waals surface area contributed by atoms with Crippen molar-refractivity contribution < 1.29 is 29.1 Å². The summed E-state index contributed by atoms with van der Waals surface area (Å²) in [5, 5.41) is 30.6. The molecule has 2 amide bonds. The third-order valence-corrected chi connectivity index (χ3v) is 11.1. The largest absolute Gasteiger partial charge is 0.505 e. The van der Waals surface area contributed by atoms with Crippen LogP contribution in [0.1, 0.15) is 52.7 Å². The highest BCUT2D eigenvalue weighted by molar-refractivity contribution is 6.36. The molecule has 2 aromatic heterocycles. The lowest BCUT2D eigenvalue weighted by Gasteiger charge is -2.23. The van der Waals surface area contributed by atoms with Crippen molar-refractivity contribution in [3.63, 3.8) is 0 Å². The summed E-state index contributed by atoms with van der Waals surface area (Å²) in [6.07, 6.45) is 4.85. The molecule has 0 aliphatic rings. The maximum Gasteiger partial charge on any atom is 0.269 e. The first-order chi connectivity index (χ1) is 31.6. The lowest BCUT2D eigenvalue weighted by molar-refractivity contribution is -0.384. The van der Waals surface area contributed by atoms with E-state index in [1.54, 1.807) is 55.8 Å². The summed E-state index contributed by atoms with van der Waals surface area (Å²) in [7, 11) is 1.59. The summed E-state index contributed by atoms with van der Waals surface area (Å²) >= 11 is 13.0. The lowest BCUT2D eigenvalue weighted by Crippen LogP contribution is -2.33. The number of ether oxygens (including phenoxy) is 2. The van der Waals surface area contributed by atoms with Crippen LogP contribution in [-0.2, 0) is 16.0 Å². The van der Waals surface area contributed by atoms with Crippen LogP contribution in [0.2, 0.25) is 10.0 Å². The van der Waals surface area contributed by atoms with Gasteiger partial charge in [0, 0.05) is 52.8 Å². The Morgan fingerprint density at radius 2 is 1.26 bits per heavy atom. The Hall–Kier alpha value is -7.54. The van der Waals surface area contributed by atoms with Gasteiger partial charge in [0.05, 0.1) is 34.2 Å². The van der Waals surface area contributed by atoms with E-state index < -0.39 is 17.0 Å².